The lowest BCUT2D eigenvalue weighted by Gasteiger charge is -2.14. The Bertz CT molecular complexity index is 1120. The van der Waals surface area contributed by atoms with E-state index in [1.165, 1.54) is 39.0 Å². The van der Waals surface area contributed by atoms with Crippen molar-refractivity contribution in [3.63, 3.8) is 0 Å². The van der Waals surface area contributed by atoms with Crippen molar-refractivity contribution in [2.75, 3.05) is 7.11 Å². The van der Waals surface area contributed by atoms with Gasteiger partial charge in [0.25, 0.3) is 0 Å². The van der Waals surface area contributed by atoms with Crippen molar-refractivity contribution in [3.8, 4) is 5.75 Å². The molecule has 27 heavy (non-hydrogen) atoms. The van der Waals surface area contributed by atoms with Gasteiger partial charge in [0, 0.05) is 11.6 Å². The SMILES string of the molecule is COc1ccc(C(C2=CCc3ccccc32)=C2C=[NH+]c3ccccc32)cc1. The van der Waals surface area contributed by atoms with Crippen LogP contribution in [-0.2, 0) is 6.42 Å². The highest BCUT2D eigenvalue weighted by Crippen LogP contribution is 2.42. The summed E-state index contributed by atoms with van der Waals surface area (Å²) in [5.41, 5.74) is 10.1. The van der Waals surface area contributed by atoms with Crippen LogP contribution < -0.4 is 9.73 Å². The summed E-state index contributed by atoms with van der Waals surface area (Å²) < 4.78 is 5.36. The van der Waals surface area contributed by atoms with Gasteiger partial charge in [0.15, 0.2) is 6.21 Å². The van der Waals surface area contributed by atoms with Gasteiger partial charge in [0.2, 0.25) is 5.69 Å². The van der Waals surface area contributed by atoms with Crippen LogP contribution in [0.1, 0.15) is 22.3 Å². The van der Waals surface area contributed by atoms with Gasteiger partial charge in [-0.3, -0.25) is 0 Å². The molecular weight excluding hydrogens is 330 g/mol. The Hall–Kier alpha value is -3.39. The molecule has 1 heterocycles. The molecule has 0 aromatic heterocycles. The molecule has 130 valence electrons. The highest BCUT2D eigenvalue weighted by Gasteiger charge is 2.27. The summed E-state index contributed by atoms with van der Waals surface area (Å²) in [6.45, 7) is 0. The third-order valence-corrected chi connectivity index (χ3v) is 5.34. The second kappa shape index (κ2) is 6.40. The number of para-hydroxylation sites is 1. The molecule has 0 saturated heterocycles. The maximum atomic E-state index is 5.36. The molecule has 3 aromatic carbocycles. The van der Waals surface area contributed by atoms with Gasteiger partial charge < -0.3 is 4.74 Å². The molecule has 0 radical (unpaired) electrons. The number of allylic oxidation sites excluding steroid dienone is 4. The molecule has 3 aromatic rings. The Labute approximate surface area is 159 Å². The monoisotopic (exact) mass is 350 g/mol. The molecule has 0 spiro atoms. The lowest BCUT2D eigenvalue weighted by atomic mass is 9.87. The normalized spacial score (nSPS) is 16.0. The van der Waals surface area contributed by atoms with Crippen LogP contribution in [0.2, 0.25) is 0 Å². The summed E-state index contributed by atoms with van der Waals surface area (Å²) >= 11 is 0. The summed E-state index contributed by atoms with van der Waals surface area (Å²) in [5.74, 6) is 0.873. The molecule has 1 aliphatic heterocycles. The van der Waals surface area contributed by atoms with Crippen molar-refractivity contribution in [3.05, 3.63) is 101 Å². The number of hydrogen-bond acceptors (Lipinski definition) is 1. The summed E-state index contributed by atoms with van der Waals surface area (Å²) in [6, 6.07) is 25.5. The number of methoxy groups -OCH3 is 1. The maximum absolute atomic E-state index is 5.36. The van der Waals surface area contributed by atoms with Gasteiger partial charge >= 0.3 is 0 Å². The van der Waals surface area contributed by atoms with Gasteiger partial charge in [-0.1, -0.05) is 54.6 Å². The second-order valence-electron chi connectivity index (χ2n) is 6.83. The smallest absolute Gasteiger partial charge is 0.211 e. The molecule has 5 rings (SSSR count). The van der Waals surface area contributed by atoms with Gasteiger partial charge in [-0.05, 0) is 46.9 Å². The zero-order valence-electron chi connectivity index (χ0n) is 15.2. The van der Waals surface area contributed by atoms with Crippen LogP contribution in [0.5, 0.6) is 5.75 Å². The zero-order valence-corrected chi connectivity index (χ0v) is 15.2. The van der Waals surface area contributed by atoms with Gasteiger partial charge in [-0.15, -0.1) is 0 Å². The van der Waals surface area contributed by atoms with Crippen molar-refractivity contribution in [1.82, 2.24) is 0 Å². The van der Waals surface area contributed by atoms with E-state index in [0.29, 0.717) is 0 Å². The maximum Gasteiger partial charge on any atom is 0.211 e. The van der Waals surface area contributed by atoms with Crippen LogP contribution >= 0.6 is 0 Å². The lowest BCUT2D eigenvalue weighted by Crippen LogP contribution is -2.58. The van der Waals surface area contributed by atoms with E-state index in [1.54, 1.807) is 7.11 Å². The minimum absolute atomic E-state index is 0.873. The van der Waals surface area contributed by atoms with Crippen LogP contribution in [-0.4, -0.2) is 13.3 Å². The predicted octanol–water partition coefficient (Wildman–Crippen LogP) is 4.04. The number of hydrogen-bond donors (Lipinski definition) is 1. The minimum Gasteiger partial charge on any atom is -0.497 e. The van der Waals surface area contributed by atoms with E-state index in [2.05, 4.69) is 77.9 Å². The summed E-state index contributed by atoms with van der Waals surface area (Å²) in [7, 11) is 1.70. The first-order chi connectivity index (χ1) is 13.3. The Balaban J connectivity index is 1.75. The van der Waals surface area contributed by atoms with E-state index in [0.717, 1.165) is 17.9 Å². The topological polar surface area (TPSA) is 23.2 Å². The van der Waals surface area contributed by atoms with Gasteiger partial charge in [0.05, 0.1) is 18.2 Å². The summed E-state index contributed by atoms with van der Waals surface area (Å²) in [6.07, 6.45) is 5.46. The average Bonchev–Trinajstić information content (AvgIpc) is 3.34. The van der Waals surface area contributed by atoms with E-state index < -0.39 is 0 Å². The number of rotatable bonds is 3. The van der Waals surface area contributed by atoms with E-state index in [1.807, 2.05) is 12.1 Å². The van der Waals surface area contributed by atoms with Crippen LogP contribution in [0.3, 0.4) is 0 Å². The molecule has 1 aliphatic carbocycles. The zero-order chi connectivity index (χ0) is 18.2. The van der Waals surface area contributed by atoms with Crippen molar-refractivity contribution in [2.45, 2.75) is 6.42 Å². The molecule has 1 N–H and O–H groups in total. The van der Waals surface area contributed by atoms with E-state index >= 15 is 0 Å². The van der Waals surface area contributed by atoms with E-state index in [4.69, 9.17) is 4.74 Å². The highest BCUT2D eigenvalue weighted by atomic mass is 16.5. The Morgan fingerprint density at radius 1 is 0.852 bits per heavy atom. The number of benzene rings is 3. The van der Waals surface area contributed by atoms with E-state index in [9.17, 15) is 0 Å². The highest BCUT2D eigenvalue weighted by molar-refractivity contribution is 6.30. The van der Waals surface area contributed by atoms with E-state index in [-0.39, 0.29) is 0 Å². The molecule has 0 atom stereocenters. The van der Waals surface area contributed by atoms with Crippen molar-refractivity contribution < 1.29 is 9.73 Å². The van der Waals surface area contributed by atoms with Crippen molar-refractivity contribution in [2.24, 2.45) is 0 Å². The largest absolute Gasteiger partial charge is 0.497 e. The molecule has 0 saturated carbocycles. The fourth-order valence-electron chi connectivity index (χ4n) is 4.01. The van der Waals surface area contributed by atoms with Gasteiger partial charge in [0.1, 0.15) is 5.75 Å². The van der Waals surface area contributed by atoms with Crippen LogP contribution in [0, 0.1) is 0 Å². The molecule has 0 amide bonds. The minimum atomic E-state index is 0.873. The summed E-state index contributed by atoms with van der Waals surface area (Å²) in [4.78, 5) is 3.44. The quantitative estimate of drug-likeness (QED) is 0.757. The number of nitrogens with one attached hydrogen (secondary N) is 1. The fourth-order valence-corrected chi connectivity index (χ4v) is 4.01. The Morgan fingerprint density at radius 2 is 1.59 bits per heavy atom. The molecule has 2 nitrogen and oxygen atoms in total. The molecule has 2 heteroatoms. The summed E-state index contributed by atoms with van der Waals surface area (Å²) in [5, 5.41) is 0. The molecular formula is C25H20NO+. The fraction of sp³-hybridized carbons (Fsp3) is 0.0800. The molecule has 0 bridgehead atoms. The number of ether oxygens (including phenoxy) is 1. The molecule has 0 fully saturated rings. The second-order valence-corrected chi connectivity index (χ2v) is 6.83. The van der Waals surface area contributed by atoms with Crippen molar-refractivity contribution in [1.29, 1.82) is 0 Å². The van der Waals surface area contributed by atoms with Crippen LogP contribution in [0.4, 0.5) is 5.69 Å². The first-order valence-corrected chi connectivity index (χ1v) is 9.22. The Morgan fingerprint density at radius 3 is 2.41 bits per heavy atom. The van der Waals surface area contributed by atoms with Gasteiger partial charge in [-0.2, -0.15) is 0 Å². The van der Waals surface area contributed by atoms with Gasteiger partial charge in [-0.25, -0.2) is 4.99 Å². The predicted molar refractivity (Wildman–Crippen MR) is 111 cm³/mol. The first-order valence-electron chi connectivity index (χ1n) is 9.22. The third-order valence-electron chi connectivity index (χ3n) is 5.34. The van der Waals surface area contributed by atoms with Crippen LogP contribution in [0.25, 0.3) is 16.7 Å². The third kappa shape index (κ3) is 2.61. The molecule has 0 unspecified atom stereocenters. The molecule has 2 aliphatic rings. The first kappa shape index (κ1) is 15.8. The number of fused-ring (bicyclic) bond motifs is 2. The standard InChI is InChI=1S/C25H19NO/c1-27-19-13-10-18(11-14-19)25(22-15-12-17-6-2-3-7-20(17)22)23-16-26-24-9-5-4-8-21(23)24/h2-11,13-16H,12H2,1H3/p+1. The average molecular weight is 350 g/mol. The van der Waals surface area contributed by atoms with Crippen LogP contribution in [0.15, 0.2) is 78.9 Å². The lowest BCUT2D eigenvalue weighted by molar-refractivity contribution is -0.342. The Kier molecular flexibility index (Phi) is 3.75. The van der Waals surface area contributed by atoms with Crippen molar-refractivity contribution >= 4 is 28.6 Å².